The average Bonchev–Trinajstić information content (AvgIpc) is 2.94. The summed E-state index contributed by atoms with van der Waals surface area (Å²) in [5.41, 5.74) is 0.562. The minimum absolute atomic E-state index is 0.00839. The Hall–Kier alpha value is -3.05. The van der Waals surface area contributed by atoms with Crippen LogP contribution in [0.25, 0.3) is 0 Å². The Morgan fingerprint density at radius 3 is 2.37 bits per heavy atom. The van der Waals surface area contributed by atoms with E-state index in [4.69, 9.17) is 28.4 Å². The molecule has 0 amide bonds. The predicted octanol–water partition coefficient (Wildman–Crippen LogP) is -0.900. The van der Waals surface area contributed by atoms with E-state index in [9.17, 15) is 40.5 Å². The molecular weight excluding hydrogens is 548 g/mol. The highest BCUT2D eigenvalue weighted by Gasteiger charge is 2.50. The second-order valence-electron chi connectivity index (χ2n) is 10.0. The Bertz CT molecular complexity index is 1220. The summed E-state index contributed by atoms with van der Waals surface area (Å²) in [6.45, 7) is -0.993. The summed E-state index contributed by atoms with van der Waals surface area (Å²) in [4.78, 5) is 12.9. The summed E-state index contributed by atoms with van der Waals surface area (Å²) in [6.07, 6.45) is -13.5. The number of ketones is 1. The predicted molar refractivity (Wildman–Crippen MR) is 134 cm³/mol. The van der Waals surface area contributed by atoms with Crippen LogP contribution in [0.4, 0.5) is 0 Å². The number of aliphatic hydroxyl groups excluding tert-OH is 5. The van der Waals surface area contributed by atoms with Crippen LogP contribution in [-0.2, 0) is 18.9 Å². The zero-order valence-electron chi connectivity index (χ0n) is 21.8. The number of carbonyl (C=O) groups is 1. The first-order valence-electron chi connectivity index (χ1n) is 12.9. The van der Waals surface area contributed by atoms with E-state index in [1.165, 1.54) is 25.3 Å². The smallest absolute Gasteiger partial charge is 0.229 e. The Labute approximate surface area is 233 Å². The highest BCUT2D eigenvalue weighted by atomic mass is 16.8. The summed E-state index contributed by atoms with van der Waals surface area (Å²) in [5, 5.41) is 71.5. The van der Waals surface area contributed by atoms with Gasteiger partial charge in [-0.1, -0.05) is 12.1 Å². The van der Waals surface area contributed by atoms with Gasteiger partial charge >= 0.3 is 0 Å². The number of carbonyl (C=O) groups excluding carboxylic acids is 1. The molecule has 0 spiro atoms. The summed E-state index contributed by atoms with van der Waals surface area (Å²) >= 11 is 0. The lowest BCUT2D eigenvalue weighted by molar-refractivity contribution is -0.347. The number of phenolic OH excluding ortho intramolecular Hbond substituents is 2. The first-order valence-corrected chi connectivity index (χ1v) is 12.9. The average molecular weight is 581 g/mol. The molecule has 0 radical (unpaired) electrons. The molecule has 0 bridgehead atoms. The number of phenols is 2. The van der Waals surface area contributed by atoms with Crippen LogP contribution in [0.5, 0.6) is 23.0 Å². The number of fused-ring (bicyclic) bond motifs is 1. The second kappa shape index (κ2) is 12.1. The molecule has 10 atom stereocenters. The zero-order chi connectivity index (χ0) is 29.4. The van der Waals surface area contributed by atoms with Gasteiger partial charge in [-0.3, -0.25) is 4.79 Å². The van der Waals surface area contributed by atoms with Crippen molar-refractivity contribution in [3.8, 4) is 23.0 Å². The zero-order valence-corrected chi connectivity index (χ0v) is 21.8. The lowest BCUT2D eigenvalue weighted by Crippen LogP contribution is -2.64. The lowest BCUT2D eigenvalue weighted by Gasteiger charge is -2.45. The molecule has 3 aliphatic rings. The van der Waals surface area contributed by atoms with E-state index in [1.807, 2.05) is 0 Å². The fraction of sp³-hybridized carbons (Fsp3) is 0.519. The fourth-order valence-corrected chi connectivity index (χ4v) is 5.08. The summed E-state index contributed by atoms with van der Waals surface area (Å²) in [7, 11) is 1.26. The first kappa shape index (κ1) is 29.4. The molecule has 2 saturated heterocycles. The van der Waals surface area contributed by atoms with Crippen molar-refractivity contribution >= 4 is 5.78 Å². The number of aromatic hydroxyl groups is 2. The molecule has 2 fully saturated rings. The topological polar surface area (TPSA) is 214 Å². The van der Waals surface area contributed by atoms with Crippen molar-refractivity contribution in [1.82, 2.24) is 0 Å². The molecule has 224 valence electrons. The molecule has 5 rings (SSSR count). The maximum atomic E-state index is 12.9. The maximum Gasteiger partial charge on any atom is 0.229 e. The highest BCUT2D eigenvalue weighted by Crippen LogP contribution is 2.43. The Morgan fingerprint density at radius 1 is 0.951 bits per heavy atom. The molecule has 10 unspecified atom stereocenters. The van der Waals surface area contributed by atoms with Gasteiger partial charge in [-0.25, -0.2) is 0 Å². The quantitative estimate of drug-likeness (QED) is 0.211. The normalized spacial score (nSPS) is 35.4. The van der Waals surface area contributed by atoms with Crippen LogP contribution in [0.2, 0.25) is 0 Å². The second-order valence-corrected chi connectivity index (χ2v) is 10.0. The third-order valence-corrected chi connectivity index (χ3v) is 7.31. The fourth-order valence-electron chi connectivity index (χ4n) is 5.08. The van der Waals surface area contributed by atoms with Crippen molar-refractivity contribution in [1.29, 1.82) is 0 Å². The molecule has 7 N–H and O–H groups in total. The van der Waals surface area contributed by atoms with Crippen molar-refractivity contribution in [3.63, 3.8) is 0 Å². The molecule has 41 heavy (non-hydrogen) atoms. The molecule has 2 aromatic carbocycles. The summed E-state index contributed by atoms with van der Waals surface area (Å²) in [6, 6.07) is 8.60. The minimum atomic E-state index is -1.68. The molecule has 3 aliphatic heterocycles. The van der Waals surface area contributed by atoms with Crippen LogP contribution in [0.3, 0.4) is 0 Å². The molecule has 3 heterocycles. The Kier molecular flexibility index (Phi) is 8.65. The SMILES string of the molecule is COC1C(OC2C(Oc3cc(O)c4c(c3)OC(c3ccc(O)cc3)CC4=O)OC(CO)C(O)C2O)OCC(O)C1O. The van der Waals surface area contributed by atoms with Crippen LogP contribution in [0.15, 0.2) is 36.4 Å². The van der Waals surface area contributed by atoms with E-state index in [-0.39, 0.29) is 41.6 Å². The van der Waals surface area contributed by atoms with Gasteiger partial charge in [0, 0.05) is 19.2 Å². The minimum Gasteiger partial charge on any atom is -0.508 e. The van der Waals surface area contributed by atoms with E-state index >= 15 is 0 Å². The van der Waals surface area contributed by atoms with Gasteiger partial charge in [-0.2, -0.15) is 0 Å². The Morgan fingerprint density at radius 2 is 1.68 bits per heavy atom. The third kappa shape index (κ3) is 5.83. The van der Waals surface area contributed by atoms with Gasteiger partial charge in [0.15, 0.2) is 18.2 Å². The van der Waals surface area contributed by atoms with E-state index in [1.54, 1.807) is 12.1 Å². The van der Waals surface area contributed by atoms with Crippen LogP contribution in [0.1, 0.15) is 28.4 Å². The number of rotatable bonds is 7. The van der Waals surface area contributed by atoms with Gasteiger partial charge in [0.05, 0.1) is 19.6 Å². The van der Waals surface area contributed by atoms with E-state index in [2.05, 4.69) is 0 Å². The Balaban J connectivity index is 1.41. The molecule has 0 aromatic heterocycles. The maximum absolute atomic E-state index is 12.9. The number of Topliss-reactive ketones (excluding diaryl/α,β-unsaturated/α-hetero) is 1. The first-order chi connectivity index (χ1) is 19.6. The number of hydrogen-bond donors (Lipinski definition) is 7. The van der Waals surface area contributed by atoms with Gasteiger partial charge in [-0.05, 0) is 17.7 Å². The number of methoxy groups -OCH3 is 1. The standard InChI is InChI=1S/C27H32O14/c1-36-24-21(33)16(32)10-37-26(24)41-25-23(35)22(34)19(9-28)40-27(25)38-13-6-14(30)20-15(31)8-17(39-18(20)7-13)11-2-4-12(29)5-3-11/h2-7,16-17,19,21-30,32-35H,8-10H2,1H3. The monoisotopic (exact) mass is 580 g/mol. The van der Waals surface area contributed by atoms with Crippen LogP contribution in [-0.4, -0.2) is 117 Å². The van der Waals surface area contributed by atoms with Crippen LogP contribution < -0.4 is 9.47 Å². The number of benzene rings is 2. The van der Waals surface area contributed by atoms with Crippen molar-refractivity contribution in [3.05, 3.63) is 47.5 Å². The highest BCUT2D eigenvalue weighted by molar-refractivity contribution is 6.02. The van der Waals surface area contributed by atoms with Gasteiger partial charge in [-0.15, -0.1) is 0 Å². The van der Waals surface area contributed by atoms with E-state index in [0.717, 1.165) is 6.07 Å². The van der Waals surface area contributed by atoms with Gasteiger partial charge in [0.1, 0.15) is 71.3 Å². The molecule has 2 aromatic rings. The van der Waals surface area contributed by atoms with Crippen molar-refractivity contribution in [2.45, 2.75) is 67.8 Å². The molecule has 0 saturated carbocycles. The van der Waals surface area contributed by atoms with Crippen molar-refractivity contribution in [2.75, 3.05) is 20.3 Å². The van der Waals surface area contributed by atoms with E-state index in [0.29, 0.717) is 5.56 Å². The van der Waals surface area contributed by atoms with Crippen molar-refractivity contribution in [2.24, 2.45) is 0 Å². The van der Waals surface area contributed by atoms with E-state index < -0.39 is 73.8 Å². The summed E-state index contributed by atoms with van der Waals surface area (Å²) < 4.78 is 34.0. The largest absolute Gasteiger partial charge is 0.508 e. The molecular formula is C27H32O14. The number of ether oxygens (including phenoxy) is 6. The molecule has 14 nitrogen and oxygen atoms in total. The third-order valence-electron chi connectivity index (χ3n) is 7.31. The number of hydrogen-bond acceptors (Lipinski definition) is 14. The lowest BCUT2D eigenvalue weighted by atomic mass is 9.95. The van der Waals surface area contributed by atoms with Crippen LogP contribution in [0, 0.1) is 0 Å². The van der Waals surface area contributed by atoms with Gasteiger partial charge in [0.2, 0.25) is 6.29 Å². The molecule has 0 aliphatic carbocycles. The van der Waals surface area contributed by atoms with Crippen LogP contribution >= 0.6 is 0 Å². The summed E-state index contributed by atoms with van der Waals surface area (Å²) in [5.74, 6) is -0.838. The van der Waals surface area contributed by atoms with Crippen molar-refractivity contribution < 1.29 is 69.0 Å². The van der Waals surface area contributed by atoms with Gasteiger partial charge in [0.25, 0.3) is 0 Å². The van der Waals surface area contributed by atoms with Gasteiger partial charge < -0.3 is 64.2 Å². The molecule has 14 heteroatoms. The number of aliphatic hydroxyl groups is 5.